The molecule has 0 saturated carbocycles. The first-order valence-electron chi connectivity index (χ1n) is 8.68. The number of anilines is 1. The Morgan fingerprint density at radius 1 is 1.24 bits per heavy atom. The molecule has 2 amide bonds. The molecule has 0 atom stereocenters. The number of carbonyl (C=O) groups is 3. The fraction of sp³-hybridized carbons (Fsp3) is 0.316. The lowest BCUT2D eigenvalue weighted by molar-refractivity contribution is -0.384. The fourth-order valence-corrected chi connectivity index (χ4v) is 2.66. The average molecular weight is 402 g/mol. The van der Waals surface area contributed by atoms with Gasteiger partial charge in [-0.1, -0.05) is 18.2 Å². The monoisotopic (exact) mass is 402 g/mol. The van der Waals surface area contributed by atoms with Crippen LogP contribution in [0.2, 0.25) is 0 Å². The van der Waals surface area contributed by atoms with Crippen LogP contribution in [0.1, 0.15) is 21.6 Å². The summed E-state index contributed by atoms with van der Waals surface area (Å²) >= 11 is 0. The van der Waals surface area contributed by atoms with Crippen molar-refractivity contribution in [2.24, 2.45) is 7.05 Å². The van der Waals surface area contributed by atoms with Gasteiger partial charge in [-0.25, -0.2) is 4.79 Å². The van der Waals surface area contributed by atoms with E-state index >= 15 is 0 Å². The van der Waals surface area contributed by atoms with E-state index < -0.39 is 23.4 Å². The average Bonchev–Trinajstić information content (AvgIpc) is 3.04. The Kier molecular flexibility index (Phi) is 6.71. The zero-order valence-corrected chi connectivity index (χ0v) is 16.6. The van der Waals surface area contributed by atoms with Crippen molar-refractivity contribution < 1.29 is 24.0 Å². The minimum absolute atomic E-state index is 0.0556. The third kappa shape index (κ3) is 5.41. The maximum atomic E-state index is 12.2. The number of nitrogens with one attached hydrogen (secondary N) is 1. The first-order chi connectivity index (χ1) is 13.6. The van der Waals surface area contributed by atoms with Crippen LogP contribution < -0.4 is 5.32 Å². The van der Waals surface area contributed by atoms with Crippen LogP contribution in [0.25, 0.3) is 0 Å². The van der Waals surface area contributed by atoms with E-state index in [9.17, 15) is 24.5 Å². The van der Waals surface area contributed by atoms with E-state index in [0.29, 0.717) is 5.69 Å². The number of aromatic nitrogens is 1. The topological polar surface area (TPSA) is 124 Å². The Balaban J connectivity index is 1.89. The number of likely N-dealkylation sites (N-methyl/N-ethyl adjacent to an activating group) is 1. The van der Waals surface area contributed by atoms with Crippen molar-refractivity contribution in [2.75, 3.05) is 25.5 Å². The van der Waals surface area contributed by atoms with Crippen LogP contribution >= 0.6 is 0 Å². The molecule has 1 aromatic heterocycles. The van der Waals surface area contributed by atoms with E-state index in [-0.39, 0.29) is 23.8 Å². The normalized spacial score (nSPS) is 10.3. The largest absolute Gasteiger partial charge is 0.451 e. The van der Waals surface area contributed by atoms with Gasteiger partial charge in [-0.2, -0.15) is 0 Å². The van der Waals surface area contributed by atoms with Crippen molar-refractivity contribution in [3.05, 3.63) is 57.4 Å². The lowest BCUT2D eigenvalue weighted by Gasteiger charge is -2.18. The number of hydrogen-bond donors (Lipinski definition) is 1. The number of hydrogen-bond acceptors (Lipinski definition) is 6. The second-order valence-electron chi connectivity index (χ2n) is 6.59. The third-order valence-corrected chi connectivity index (χ3v) is 4.29. The molecule has 0 aliphatic rings. The van der Waals surface area contributed by atoms with Gasteiger partial charge < -0.3 is 19.5 Å². The zero-order chi connectivity index (χ0) is 21.7. The van der Waals surface area contributed by atoms with Crippen LogP contribution in [0, 0.1) is 24.0 Å². The molecule has 2 rings (SSSR count). The van der Waals surface area contributed by atoms with Gasteiger partial charge in [0.2, 0.25) is 5.91 Å². The number of esters is 1. The van der Waals surface area contributed by atoms with Crippen molar-refractivity contribution in [1.82, 2.24) is 9.47 Å². The second-order valence-corrected chi connectivity index (χ2v) is 6.59. The maximum Gasteiger partial charge on any atom is 0.355 e. The zero-order valence-electron chi connectivity index (χ0n) is 16.6. The molecular formula is C19H22N4O6. The number of para-hydroxylation sites is 1. The molecule has 1 N–H and O–H groups in total. The molecule has 0 spiro atoms. The highest BCUT2D eigenvalue weighted by Gasteiger charge is 2.21. The van der Waals surface area contributed by atoms with Crippen LogP contribution in [0.5, 0.6) is 0 Å². The number of rotatable bonds is 7. The number of aryl methyl sites for hydroxylation is 3. The van der Waals surface area contributed by atoms with Gasteiger partial charge in [0.15, 0.2) is 6.61 Å². The van der Waals surface area contributed by atoms with Crippen LogP contribution in [0.3, 0.4) is 0 Å². The second kappa shape index (κ2) is 9.00. The highest BCUT2D eigenvalue weighted by molar-refractivity contribution is 5.96. The first-order valence-corrected chi connectivity index (χ1v) is 8.68. The molecule has 0 radical (unpaired) electrons. The Morgan fingerprint density at radius 2 is 1.86 bits per heavy atom. The molecule has 29 heavy (non-hydrogen) atoms. The lowest BCUT2D eigenvalue weighted by Crippen LogP contribution is -2.37. The van der Waals surface area contributed by atoms with Gasteiger partial charge in [0.25, 0.3) is 11.6 Å². The number of carbonyl (C=O) groups excluding carboxylic acids is 3. The van der Waals surface area contributed by atoms with Gasteiger partial charge in [-0.15, -0.1) is 0 Å². The van der Waals surface area contributed by atoms with Crippen molar-refractivity contribution in [1.29, 1.82) is 0 Å². The summed E-state index contributed by atoms with van der Waals surface area (Å²) in [5, 5.41) is 13.5. The van der Waals surface area contributed by atoms with Gasteiger partial charge in [-0.3, -0.25) is 19.7 Å². The molecule has 0 saturated heterocycles. The van der Waals surface area contributed by atoms with E-state index in [1.165, 1.54) is 24.9 Å². The molecule has 1 heterocycles. The van der Waals surface area contributed by atoms with Gasteiger partial charge in [0, 0.05) is 25.8 Å². The predicted molar refractivity (Wildman–Crippen MR) is 105 cm³/mol. The van der Waals surface area contributed by atoms with Crippen molar-refractivity contribution in [2.45, 2.75) is 13.8 Å². The van der Waals surface area contributed by atoms with Gasteiger partial charge >= 0.3 is 5.97 Å². The molecule has 2 aromatic rings. The highest BCUT2D eigenvalue weighted by atomic mass is 16.6. The summed E-state index contributed by atoms with van der Waals surface area (Å²) < 4.78 is 6.16. The molecule has 10 heteroatoms. The minimum atomic E-state index is -0.873. The van der Waals surface area contributed by atoms with Crippen molar-refractivity contribution in [3.8, 4) is 0 Å². The van der Waals surface area contributed by atoms with E-state index in [2.05, 4.69) is 5.32 Å². The van der Waals surface area contributed by atoms with Gasteiger partial charge in [0.1, 0.15) is 5.69 Å². The van der Waals surface area contributed by atoms with E-state index in [0.717, 1.165) is 22.1 Å². The van der Waals surface area contributed by atoms with Crippen LogP contribution in [0.15, 0.2) is 30.5 Å². The maximum absolute atomic E-state index is 12.2. The molecule has 0 aliphatic heterocycles. The first kappa shape index (κ1) is 21.6. The molecule has 0 aliphatic carbocycles. The fourth-order valence-electron chi connectivity index (χ4n) is 2.66. The summed E-state index contributed by atoms with van der Waals surface area (Å²) in [6.45, 7) is 2.92. The molecule has 0 unspecified atom stereocenters. The van der Waals surface area contributed by atoms with E-state index in [4.69, 9.17) is 4.74 Å². The Labute approximate surface area is 167 Å². The standard InChI is InChI=1S/C19H22N4O6/c1-12-6-5-7-13(2)18(12)20-16(24)10-22(4)17(25)11-29-19(26)15-8-14(23(27)28)9-21(15)3/h5-9H,10-11H2,1-4H3,(H,20,24). The number of amides is 2. The summed E-state index contributed by atoms with van der Waals surface area (Å²) in [6.07, 6.45) is 1.17. The molecule has 0 fully saturated rings. The number of nitrogens with zero attached hydrogens (tertiary/aromatic N) is 3. The van der Waals surface area contributed by atoms with Crippen LogP contribution in [-0.2, 0) is 21.4 Å². The Hall–Kier alpha value is -3.69. The van der Waals surface area contributed by atoms with Crippen molar-refractivity contribution >= 4 is 29.2 Å². The molecule has 0 bridgehead atoms. The summed E-state index contributed by atoms with van der Waals surface area (Å²) in [5.41, 5.74) is 2.18. The molecule has 1 aromatic carbocycles. The number of ether oxygens (including phenoxy) is 1. The quantitative estimate of drug-likeness (QED) is 0.428. The number of nitro groups is 1. The minimum Gasteiger partial charge on any atom is -0.451 e. The smallest absolute Gasteiger partial charge is 0.355 e. The lowest BCUT2D eigenvalue weighted by atomic mass is 10.1. The Morgan fingerprint density at radius 3 is 2.41 bits per heavy atom. The number of benzene rings is 1. The SMILES string of the molecule is Cc1cccc(C)c1NC(=O)CN(C)C(=O)COC(=O)c1cc([N+](=O)[O-])cn1C. The van der Waals surface area contributed by atoms with E-state index in [1.54, 1.807) is 0 Å². The molecule has 10 nitrogen and oxygen atoms in total. The summed E-state index contributed by atoms with van der Waals surface area (Å²) in [6, 6.07) is 6.68. The van der Waals surface area contributed by atoms with Gasteiger partial charge in [0.05, 0.1) is 17.7 Å². The van der Waals surface area contributed by atoms with Crippen LogP contribution in [-0.4, -0.2) is 52.4 Å². The Bertz CT molecular complexity index is 945. The molecule has 154 valence electrons. The van der Waals surface area contributed by atoms with Gasteiger partial charge in [-0.05, 0) is 25.0 Å². The summed E-state index contributed by atoms with van der Waals surface area (Å²) in [4.78, 5) is 47.7. The summed E-state index contributed by atoms with van der Waals surface area (Å²) in [7, 11) is 2.86. The summed E-state index contributed by atoms with van der Waals surface area (Å²) in [5.74, 6) is -1.84. The predicted octanol–water partition coefficient (Wildman–Crippen LogP) is 1.80. The third-order valence-electron chi connectivity index (χ3n) is 4.29. The van der Waals surface area contributed by atoms with E-state index in [1.807, 2.05) is 32.0 Å². The highest BCUT2D eigenvalue weighted by Crippen LogP contribution is 2.19. The van der Waals surface area contributed by atoms with Crippen molar-refractivity contribution in [3.63, 3.8) is 0 Å². The van der Waals surface area contributed by atoms with Crippen LogP contribution in [0.4, 0.5) is 11.4 Å². The molecular weight excluding hydrogens is 380 g/mol.